The van der Waals surface area contributed by atoms with Gasteiger partial charge in [0.2, 0.25) is 0 Å². The number of hydrogen-bond acceptors (Lipinski definition) is 4. The molecule has 6 nitrogen and oxygen atoms in total. The minimum atomic E-state index is -0.246. The summed E-state index contributed by atoms with van der Waals surface area (Å²) >= 11 is 9.60. The number of rotatable bonds is 7. The van der Waals surface area contributed by atoms with Gasteiger partial charge in [0.05, 0.1) is 16.0 Å². The number of aromatic nitrogens is 2. The number of carbonyl (C=O) groups is 1. The Labute approximate surface area is 170 Å². The van der Waals surface area contributed by atoms with Gasteiger partial charge in [-0.3, -0.25) is 9.48 Å². The van der Waals surface area contributed by atoms with E-state index in [9.17, 15) is 4.79 Å². The fourth-order valence-electron chi connectivity index (χ4n) is 2.47. The van der Waals surface area contributed by atoms with Gasteiger partial charge in [0.15, 0.2) is 5.76 Å². The van der Waals surface area contributed by atoms with Gasteiger partial charge in [-0.05, 0) is 47.1 Å². The lowest BCUT2D eigenvalue weighted by atomic mass is 10.3. The topological polar surface area (TPSA) is 60.5 Å². The Kier molecular flexibility index (Phi) is 6.23. The van der Waals surface area contributed by atoms with Crippen molar-refractivity contribution in [2.24, 2.45) is 0 Å². The van der Waals surface area contributed by atoms with Crippen LogP contribution in [0.15, 0.2) is 51.5 Å². The molecule has 27 heavy (non-hydrogen) atoms. The maximum absolute atomic E-state index is 12.6. The zero-order valence-corrected chi connectivity index (χ0v) is 17.3. The van der Waals surface area contributed by atoms with Gasteiger partial charge in [0, 0.05) is 19.8 Å². The number of hydrogen-bond donors (Lipinski definition) is 0. The van der Waals surface area contributed by atoms with E-state index >= 15 is 0 Å². The molecule has 0 aliphatic rings. The first-order chi connectivity index (χ1) is 13.0. The van der Waals surface area contributed by atoms with Crippen molar-refractivity contribution in [3.63, 3.8) is 0 Å². The average molecular weight is 453 g/mol. The second kappa shape index (κ2) is 8.63. The Morgan fingerprint density at radius 2 is 2.11 bits per heavy atom. The van der Waals surface area contributed by atoms with E-state index in [0.29, 0.717) is 28.8 Å². The second-order valence-corrected chi connectivity index (χ2v) is 7.19. The lowest BCUT2D eigenvalue weighted by Gasteiger charge is -2.14. The third-order valence-corrected chi connectivity index (χ3v) is 4.89. The molecule has 2 heterocycles. The summed E-state index contributed by atoms with van der Waals surface area (Å²) in [5, 5.41) is 4.90. The summed E-state index contributed by atoms with van der Waals surface area (Å²) < 4.78 is 13.9. The Bertz CT molecular complexity index is 938. The molecule has 3 aromatic rings. The van der Waals surface area contributed by atoms with Crippen LogP contribution < -0.4 is 4.74 Å². The molecule has 8 heteroatoms. The van der Waals surface area contributed by atoms with Crippen LogP contribution in [0.4, 0.5) is 0 Å². The average Bonchev–Trinajstić information content (AvgIpc) is 3.27. The maximum Gasteiger partial charge on any atom is 0.289 e. The lowest BCUT2D eigenvalue weighted by molar-refractivity contribution is 0.0747. The second-order valence-electron chi connectivity index (χ2n) is 5.93. The van der Waals surface area contributed by atoms with Gasteiger partial charge in [-0.1, -0.05) is 23.7 Å². The Morgan fingerprint density at radius 1 is 1.33 bits per heavy atom. The fraction of sp³-hybridized carbons (Fsp3) is 0.263. The van der Waals surface area contributed by atoms with Crippen molar-refractivity contribution in [2.75, 3.05) is 7.05 Å². The monoisotopic (exact) mass is 451 g/mol. The van der Waals surface area contributed by atoms with Crippen LogP contribution in [0.2, 0.25) is 5.02 Å². The van der Waals surface area contributed by atoms with E-state index in [1.54, 1.807) is 30.1 Å². The van der Waals surface area contributed by atoms with Crippen molar-refractivity contribution in [1.82, 2.24) is 14.7 Å². The van der Waals surface area contributed by atoms with Gasteiger partial charge in [-0.2, -0.15) is 5.10 Å². The number of furan rings is 1. The SMILES string of the molecule is CCn1cc(Cl)c(CN(C)C(=O)c2ccc(COc3ccccc3Br)o2)n1. The van der Waals surface area contributed by atoms with E-state index in [4.69, 9.17) is 20.8 Å². The largest absolute Gasteiger partial charge is 0.484 e. The Balaban J connectivity index is 1.62. The highest BCUT2D eigenvalue weighted by atomic mass is 79.9. The standard InChI is InChI=1S/C19H19BrClN3O3/c1-3-24-10-15(21)16(22-24)11-23(2)19(25)18-9-8-13(27-18)12-26-17-7-5-4-6-14(17)20/h4-10H,3,11-12H2,1-2H3. The summed E-state index contributed by atoms with van der Waals surface area (Å²) in [4.78, 5) is 14.1. The zero-order valence-electron chi connectivity index (χ0n) is 15.0. The summed E-state index contributed by atoms with van der Waals surface area (Å²) in [6, 6.07) is 10.9. The first-order valence-corrected chi connectivity index (χ1v) is 9.58. The van der Waals surface area contributed by atoms with Gasteiger partial charge in [-0.25, -0.2) is 0 Å². The summed E-state index contributed by atoms with van der Waals surface area (Å²) in [5.41, 5.74) is 0.651. The van der Waals surface area contributed by atoms with E-state index in [1.165, 1.54) is 4.90 Å². The van der Waals surface area contributed by atoms with Gasteiger partial charge in [0.25, 0.3) is 5.91 Å². The number of halogens is 2. The van der Waals surface area contributed by atoms with Crippen molar-refractivity contribution in [1.29, 1.82) is 0 Å². The van der Waals surface area contributed by atoms with Crippen molar-refractivity contribution >= 4 is 33.4 Å². The molecule has 0 saturated heterocycles. The maximum atomic E-state index is 12.6. The van der Waals surface area contributed by atoms with Crippen molar-refractivity contribution in [2.45, 2.75) is 26.6 Å². The molecular weight excluding hydrogens is 434 g/mol. The molecule has 0 saturated carbocycles. The minimum absolute atomic E-state index is 0.229. The molecule has 1 amide bonds. The van der Waals surface area contributed by atoms with Crippen LogP contribution in [0.25, 0.3) is 0 Å². The normalized spacial score (nSPS) is 10.8. The van der Waals surface area contributed by atoms with Gasteiger partial charge < -0.3 is 14.1 Å². The number of ether oxygens (including phenoxy) is 1. The van der Waals surface area contributed by atoms with E-state index in [-0.39, 0.29) is 18.3 Å². The van der Waals surface area contributed by atoms with Crippen LogP contribution in [-0.4, -0.2) is 27.6 Å². The van der Waals surface area contributed by atoms with Crippen molar-refractivity contribution < 1.29 is 13.9 Å². The highest BCUT2D eigenvalue weighted by Crippen LogP contribution is 2.25. The van der Waals surface area contributed by atoms with Gasteiger partial charge in [-0.15, -0.1) is 0 Å². The molecule has 3 rings (SSSR count). The molecule has 0 aliphatic carbocycles. The number of nitrogens with zero attached hydrogens (tertiary/aromatic N) is 3. The molecule has 0 atom stereocenters. The Morgan fingerprint density at radius 3 is 2.81 bits per heavy atom. The molecule has 2 aromatic heterocycles. The van der Waals surface area contributed by atoms with E-state index in [1.807, 2.05) is 31.2 Å². The van der Waals surface area contributed by atoms with Crippen molar-refractivity contribution in [3.8, 4) is 5.75 Å². The molecule has 1 aromatic carbocycles. The minimum Gasteiger partial charge on any atom is -0.484 e. The molecule has 0 bridgehead atoms. The molecular formula is C19H19BrClN3O3. The summed E-state index contributed by atoms with van der Waals surface area (Å²) in [6.07, 6.45) is 1.75. The number of carbonyl (C=O) groups excluding carboxylic acids is 1. The molecule has 0 aliphatic heterocycles. The third kappa shape index (κ3) is 4.73. The molecule has 0 spiro atoms. The molecule has 0 fully saturated rings. The van der Waals surface area contributed by atoms with E-state index in [0.717, 1.165) is 11.0 Å². The first kappa shape index (κ1) is 19.5. The van der Waals surface area contributed by atoms with Crippen LogP contribution in [0.1, 0.15) is 28.9 Å². The number of amides is 1. The predicted molar refractivity (Wildman–Crippen MR) is 106 cm³/mol. The zero-order chi connectivity index (χ0) is 19.4. The quantitative estimate of drug-likeness (QED) is 0.518. The first-order valence-electron chi connectivity index (χ1n) is 8.41. The van der Waals surface area contributed by atoms with Crippen LogP contribution in [-0.2, 0) is 19.7 Å². The summed E-state index contributed by atoms with van der Waals surface area (Å²) in [6.45, 7) is 3.22. The number of benzene rings is 1. The Hall–Kier alpha value is -2.25. The number of aryl methyl sites for hydroxylation is 1. The van der Waals surface area contributed by atoms with Crippen LogP contribution in [0.3, 0.4) is 0 Å². The number of para-hydroxylation sites is 1. The van der Waals surface area contributed by atoms with Gasteiger partial charge >= 0.3 is 0 Å². The summed E-state index contributed by atoms with van der Waals surface area (Å²) in [7, 11) is 1.68. The van der Waals surface area contributed by atoms with E-state index in [2.05, 4.69) is 21.0 Å². The summed E-state index contributed by atoms with van der Waals surface area (Å²) in [5.74, 6) is 1.27. The molecule has 0 unspecified atom stereocenters. The molecule has 0 N–H and O–H groups in total. The van der Waals surface area contributed by atoms with Gasteiger partial charge in [0.1, 0.15) is 23.8 Å². The highest BCUT2D eigenvalue weighted by molar-refractivity contribution is 9.10. The predicted octanol–water partition coefficient (Wildman–Crippen LogP) is 4.76. The fourth-order valence-corrected chi connectivity index (χ4v) is 3.08. The molecule has 0 radical (unpaired) electrons. The van der Waals surface area contributed by atoms with Crippen LogP contribution in [0, 0.1) is 0 Å². The highest BCUT2D eigenvalue weighted by Gasteiger charge is 2.19. The van der Waals surface area contributed by atoms with Crippen LogP contribution in [0.5, 0.6) is 5.75 Å². The molecule has 142 valence electrons. The lowest BCUT2D eigenvalue weighted by Crippen LogP contribution is -2.26. The van der Waals surface area contributed by atoms with Crippen molar-refractivity contribution in [3.05, 3.63) is 69.3 Å². The van der Waals surface area contributed by atoms with Crippen LogP contribution >= 0.6 is 27.5 Å². The smallest absolute Gasteiger partial charge is 0.289 e. The third-order valence-electron chi connectivity index (χ3n) is 3.92. The van der Waals surface area contributed by atoms with E-state index < -0.39 is 0 Å².